The lowest BCUT2D eigenvalue weighted by atomic mass is 9.86. The fraction of sp³-hybridized carbons (Fsp3) is 0.412. The standard InChI is InChI=1S/C17H21N3O3/c1-17(22,13-5-7-14(23-2)8-6-13)15-4-3-9-20(15)16(21)12-10-18-19-11-12/h5-8,10-11,15,22H,3-4,9H2,1-2H3,(H,18,19). The number of amides is 1. The summed E-state index contributed by atoms with van der Waals surface area (Å²) in [5.74, 6) is 0.636. The zero-order valence-electron chi connectivity index (χ0n) is 13.3. The van der Waals surface area contributed by atoms with Gasteiger partial charge in [-0.25, -0.2) is 0 Å². The number of aromatic amines is 1. The fourth-order valence-corrected chi connectivity index (χ4v) is 3.25. The third-order valence-electron chi connectivity index (χ3n) is 4.58. The van der Waals surface area contributed by atoms with Gasteiger partial charge in [0.15, 0.2) is 0 Å². The first-order valence-corrected chi connectivity index (χ1v) is 7.70. The number of hydrogen-bond donors (Lipinski definition) is 2. The molecule has 2 atom stereocenters. The Morgan fingerprint density at radius 3 is 2.78 bits per heavy atom. The van der Waals surface area contributed by atoms with E-state index in [1.165, 1.54) is 6.20 Å². The van der Waals surface area contributed by atoms with E-state index in [1.54, 1.807) is 25.1 Å². The van der Waals surface area contributed by atoms with Crippen molar-refractivity contribution in [1.29, 1.82) is 0 Å². The van der Waals surface area contributed by atoms with E-state index < -0.39 is 5.60 Å². The first kappa shape index (κ1) is 15.6. The molecule has 6 nitrogen and oxygen atoms in total. The summed E-state index contributed by atoms with van der Waals surface area (Å²) < 4.78 is 5.16. The molecule has 0 bridgehead atoms. The summed E-state index contributed by atoms with van der Waals surface area (Å²) in [7, 11) is 1.61. The Morgan fingerprint density at radius 1 is 1.43 bits per heavy atom. The Bertz CT molecular complexity index is 665. The van der Waals surface area contributed by atoms with Crippen LogP contribution in [0.15, 0.2) is 36.7 Å². The van der Waals surface area contributed by atoms with Gasteiger partial charge in [-0.3, -0.25) is 9.89 Å². The number of likely N-dealkylation sites (tertiary alicyclic amines) is 1. The largest absolute Gasteiger partial charge is 0.497 e. The molecule has 122 valence electrons. The number of nitrogens with one attached hydrogen (secondary N) is 1. The lowest BCUT2D eigenvalue weighted by molar-refractivity contribution is -0.0177. The Hall–Kier alpha value is -2.34. The number of hydrogen-bond acceptors (Lipinski definition) is 4. The average molecular weight is 315 g/mol. The summed E-state index contributed by atoms with van der Waals surface area (Å²) in [4.78, 5) is 14.4. The maximum Gasteiger partial charge on any atom is 0.257 e. The van der Waals surface area contributed by atoms with E-state index in [4.69, 9.17) is 4.74 Å². The van der Waals surface area contributed by atoms with Crippen molar-refractivity contribution in [3.8, 4) is 5.75 Å². The fourth-order valence-electron chi connectivity index (χ4n) is 3.25. The molecule has 1 aromatic carbocycles. The van der Waals surface area contributed by atoms with E-state index in [1.807, 2.05) is 24.3 Å². The zero-order valence-corrected chi connectivity index (χ0v) is 13.3. The van der Waals surface area contributed by atoms with Crippen LogP contribution in [0.1, 0.15) is 35.7 Å². The minimum atomic E-state index is -1.12. The first-order chi connectivity index (χ1) is 11.0. The molecule has 6 heteroatoms. The van der Waals surface area contributed by atoms with Crippen LogP contribution in [0, 0.1) is 0 Å². The second-order valence-corrected chi connectivity index (χ2v) is 6.02. The minimum Gasteiger partial charge on any atom is -0.497 e. The third kappa shape index (κ3) is 2.82. The van der Waals surface area contributed by atoms with Crippen LogP contribution in [0.4, 0.5) is 0 Å². The summed E-state index contributed by atoms with van der Waals surface area (Å²) >= 11 is 0. The number of aliphatic hydroxyl groups is 1. The maximum atomic E-state index is 12.6. The van der Waals surface area contributed by atoms with Gasteiger partial charge in [0.2, 0.25) is 0 Å². The second kappa shape index (κ2) is 6.04. The van der Waals surface area contributed by atoms with E-state index in [2.05, 4.69) is 10.2 Å². The van der Waals surface area contributed by atoms with Gasteiger partial charge < -0.3 is 14.7 Å². The molecule has 1 amide bonds. The molecule has 2 unspecified atom stereocenters. The Morgan fingerprint density at radius 2 is 2.17 bits per heavy atom. The van der Waals surface area contributed by atoms with Crippen molar-refractivity contribution in [3.05, 3.63) is 47.8 Å². The van der Waals surface area contributed by atoms with Crippen LogP contribution in [0.5, 0.6) is 5.75 Å². The van der Waals surface area contributed by atoms with E-state index in [0.29, 0.717) is 12.1 Å². The third-order valence-corrected chi connectivity index (χ3v) is 4.58. The van der Waals surface area contributed by atoms with Crippen LogP contribution in [0.25, 0.3) is 0 Å². The normalized spacial score (nSPS) is 20.3. The Labute approximate surface area is 135 Å². The van der Waals surface area contributed by atoms with Crippen molar-refractivity contribution in [2.75, 3.05) is 13.7 Å². The molecule has 0 aliphatic carbocycles. The van der Waals surface area contributed by atoms with E-state index in [9.17, 15) is 9.90 Å². The summed E-state index contributed by atoms with van der Waals surface area (Å²) in [5.41, 5.74) is 0.167. The highest BCUT2D eigenvalue weighted by atomic mass is 16.5. The van der Waals surface area contributed by atoms with Crippen molar-refractivity contribution in [2.24, 2.45) is 0 Å². The first-order valence-electron chi connectivity index (χ1n) is 7.70. The molecule has 0 saturated carbocycles. The smallest absolute Gasteiger partial charge is 0.257 e. The molecule has 2 N–H and O–H groups in total. The number of ether oxygens (including phenoxy) is 1. The van der Waals surface area contributed by atoms with E-state index >= 15 is 0 Å². The molecule has 2 aromatic rings. The number of nitrogens with zero attached hydrogens (tertiary/aromatic N) is 2. The molecule has 1 fully saturated rings. The quantitative estimate of drug-likeness (QED) is 0.903. The molecule has 3 rings (SSSR count). The Kier molecular flexibility index (Phi) is 4.09. The molecule has 0 radical (unpaired) electrons. The van der Waals surface area contributed by atoms with Crippen LogP contribution < -0.4 is 4.74 Å². The van der Waals surface area contributed by atoms with Gasteiger partial charge in [-0.05, 0) is 37.5 Å². The van der Waals surface area contributed by atoms with Crippen LogP contribution in [-0.4, -0.2) is 45.8 Å². The monoisotopic (exact) mass is 315 g/mol. The number of aromatic nitrogens is 2. The summed E-state index contributed by atoms with van der Waals surface area (Å²) in [6.07, 6.45) is 4.74. The summed E-state index contributed by atoms with van der Waals surface area (Å²) in [6.45, 7) is 2.40. The van der Waals surface area contributed by atoms with Gasteiger partial charge in [0, 0.05) is 12.7 Å². The maximum absolute atomic E-state index is 12.6. The average Bonchev–Trinajstić information content (AvgIpc) is 3.25. The number of carbonyl (C=O) groups excluding carboxylic acids is 1. The van der Waals surface area contributed by atoms with Crippen molar-refractivity contribution < 1.29 is 14.6 Å². The number of methoxy groups -OCH3 is 1. The van der Waals surface area contributed by atoms with Crippen molar-refractivity contribution >= 4 is 5.91 Å². The lowest BCUT2D eigenvalue weighted by Crippen LogP contribution is -2.48. The molecule has 1 saturated heterocycles. The van der Waals surface area contributed by atoms with Crippen molar-refractivity contribution in [1.82, 2.24) is 15.1 Å². The molecule has 23 heavy (non-hydrogen) atoms. The van der Waals surface area contributed by atoms with Gasteiger partial charge in [0.05, 0.1) is 24.9 Å². The number of H-pyrrole nitrogens is 1. The van der Waals surface area contributed by atoms with E-state index in [-0.39, 0.29) is 11.9 Å². The zero-order chi connectivity index (χ0) is 16.4. The van der Waals surface area contributed by atoms with Gasteiger partial charge in [0.1, 0.15) is 11.4 Å². The van der Waals surface area contributed by atoms with Gasteiger partial charge in [-0.15, -0.1) is 0 Å². The Balaban J connectivity index is 1.86. The molecule has 1 aliphatic heterocycles. The lowest BCUT2D eigenvalue weighted by Gasteiger charge is -2.36. The summed E-state index contributed by atoms with van der Waals surface area (Å²) in [5, 5.41) is 17.6. The molecule has 2 heterocycles. The van der Waals surface area contributed by atoms with Gasteiger partial charge >= 0.3 is 0 Å². The number of rotatable bonds is 4. The van der Waals surface area contributed by atoms with Gasteiger partial charge in [-0.1, -0.05) is 12.1 Å². The second-order valence-electron chi connectivity index (χ2n) is 6.02. The topological polar surface area (TPSA) is 78.5 Å². The number of benzene rings is 1. The minimum absolute atomic E-state index is 0.102. The van der Waals surface area contributed by atoms with Gasteiger partial charge in [-0.2, -0.15) is 5.10 Å². The molecular formula is C17H21N3O3. The highest BCUT2D eigenvalue weighted by Crippen LogP contribution is 2.36. The highest BCUT2D eigenvalue weighted by molar-refractivity contribution is 5.94. The molecular weight excluding hydrogens is 294 g/mol. The van der Waals surface area contributed by atoms with Crippen LogP contribution in [0.3, 0.4) is 0 Å². The van der Waals surface area contributed by atoms with Crippen molar-refractivity contribution in [3.63, 3.8) is 0 Å². The van der Waals surface area contributed by atoms with Gasteiger partial charge in [0.25, 0.3) is 5.91 Å². The molecule has 0 spiro atoms. The predicted octanol–water partition coefficient (Wildman–Crippen LogP) is 1.93. The van der Waals surface area contributed by atoms with Crippen molar-refractivity contribution in [2.45, 2.75) is 31.4 Å². The molecule has 1 aromatic heterocycles. The van der Waals surface area contributed by atoms with Crippen LogP contribution >= 0.6 is 0 Å². The SMILES string of the molecule is COc1ccc(C(C)(O)C2CCCN2C(=O)c2cn[nH]c2)cc1. The van der Waals surface area contributed by atoms with Crippen LogP contribution in [-0.2, 0) is 5.60 Å². The van der Waals surface area contributed by atoms with Crippen LogP contribution in [0.2, 0.25) is 0 Å². The number of carbonyl (C=O) groups is 1. The van der Waals surface area contributed by atoms with E-state index in [0.717, 1.165) is 24.2 Å². The highest BCUT2D eigenvalue weighted by Gasteiger charge is 2.42. The predicted molar refractivity (Wildman–Crippen MR) is 85.2 cm³/mol. The molecule has 1 aliphatic rings. The summed E-state index contributed by atoms with van der Waals surface area (Å²) in [6, 6.07) is 7.07.